The van der Waals surface area contributed by atoms with Crippen LogP contribution in [0, 0.1) is 19.8 Å². The minimum Gasteiger partial charge on any atom is -0.481 e. The van der Waals surface area contributed by atoms with Crippen molar-refractivity contribution in [2.45, 2.75) is 46.1 Å². The van der Waals surface area contributed by atoms with Crippen molar-refractivity contribution in [2.75, 3.05) is 13.1 Å². The van der Waals surface area contributed by atoms with Crippen LogP contribution in [0.4, 0.5) is 0 Å². The molecular formula is C15H25N3O2. The van der Waals surface area contributed by atoms with Gasteiger partial charge < -0.3 is 5.11 Å². The van der Waals surface area contributed by atoms with Gasteiger partial charge in [0.25, 0.3) is 0 Å². The molecule has 1 aromatic rings. The van der Waals surface area contributed by atoms with E-state index in [-0.39, 0.29) is 12.3 Å². The smallest absolute Gasteiger partial charge is 0.303 e. The Kier molecular flexibility index (Phi) is 4.48. The maximum atomic E-state index is 10.9. The van der Waals surface area contributed by atoms with Crippen LogP contribution in [0.5, 0.6) is 0 Å². The molecule has 1 N–H and O–H groups in total. The highest BCUT2D eigenvalue weighted by Gasteiger charge is 2.28. The minimum atomic E-state index is -0.682. The second-order valence-corrected chi connectivity index (χ2v) is 5.99. The Morgan fingerprint density at radius 3 is 2.75 bits per heavy atom. The Balaban J connectivity index is 2.12. The van der Waals surface area contributed by atoms with Crippen molar-refractivity contribution in [3.8, 4) is 0 Å². The summed E-state index contributed by atoms with van der Waals surface area (Å²) in [6.45, 7) is 8.29. The van der Waals surface area contributed by atoms with Gasteiger partial charge in [-0.25, -0.2) is 0 Å². The van der Waals surface area contributed by atoms with E-state index in [4.69, 9.17) is 5.11 Å². The first-order chi connectivity index (χ1) is 9.40. The summed E-state index contributed by atoms with van der Waals surface area (Å²) in [6, 6.07) is 0.306. The van der Waals surface area contributed by atoms with Crippen molar-refractivity contribution in [2.24, 2.45) is 13.0 Å². The molecule has 0 bridgehead atoms. The van der Waals surface area contributed by atoms with E-state index in [0.717, 1.165) is 31.6 Å². The van der Waals surface area contributed by atoms with Gasteiger partial charge in [-0.3, -0.25) is 14.4 Å². The zero-order valence-corrected chi connectivity index (χ0v) is 12.9. The predicted octanol–water partition coefficient (Wildman–Crippen LogP) is 2.28. The van der Waals surface area contributed by atoms with Crippen LogP contribution in [-0.4, -0.2) is 38.8 Å². The fraction of sp³-hybridized carbons (Fsp3) is 0.733. The van der Waals surface area contributed by atoms with Crippen LogP contribution in [0.2, 0.25) is 0 Å². The second kappa shape index (κ2) is 5.95. The summed E-state index contributed by atoms with van der Waals surface area (Å²) in [4.78, 5) is 13.3. The molecule has 5 nitrogen and oxygen atoms in total. The minimum absolute atomic E-state index is 0.279. The zero-order valence-electron chi connectivity index (χ0n) is 12.9. The van der Waals surface area contributed by atoms with Crippen molar-refractivity contribution in [3.05, 3.63) is 17.0 Å². The molecule has 0 saturated carbocycles. The lowest BCUT2D eigenvalue weighted by molar-refractivity contribution is -0.138. The molecule has 2 rings (SSSR count). The lowest BCUT2D eigenvalue weighted by atomic mass is 9.92. The monoisotopic (exact) mass is 279 g/mol. The molecule has 20 heavy (non-hydrogen) atoms. The van der Waals surface area contributed by atoms with Gasteiger partial charge in [0.1, 0.15) is 0 Å². The first-order valence-electron chi connectivity index (χ1n) is 7.36. The molecule has 1 aliphatic heterocycles. The van der Waals surface area contributed by atoms with E-state index in [1.165, 1.54) is 11.3 Å². The largest absolute Gasteiger partial charge is 0.481 e. The second-order valence-electron chi connectivity index (χ2n) is 5.99. The van der Waals surface area contributed by atoms with E-state index in [2.05, 4.69) is 30.8 Å². The van der Waals surface area contributed by atoms with E-state index < -0.39 is 5.97 Å². The number of carboxylic acid groups (broad SMARTS) is 1. The number of aliphatic carboxylic acids is 1. The first kappa shape index (κ1) is 15.0. The number of hydrogen-bond acceptors (Lipinski definition) is 3. The van der Waals surface area contributed by atoms with Crippen molar-refractivity contribution in [3.63, 3.8) is 0 Å². The van der Waals surface area contributed by atoms with Gasteiger partial charge in [-0.05, 0) is 46.1 Å². The Morgan fingerprint density at radius 1 is 1.50 bits per heavy atom. The Hall–Kier alpha value is -1.36. The fourth-order valence-corrected chi connectivity index (χ4v) is 3.44. The summed E-state index contributed by atoms with van der Waals surface area (Å²) < 4.78 is 1.93. The third-order valence-electron chi connectivity index (χ3n) is 4.54. The van der Waals surface area contributed by atoms with Crippen molar-refractivity contribution < 1.29 is 9.90 Å². The van der Waals surface area contributed by atoms with Gasteiger partial charge in [0, 0.05) is 37.3 Å². The van der Waals surface area contributed by atoms with Gasteiger partial charge in [0.15, 0.2) is 0 Å². The molecule has 1 saturated heterocycles. The molecule has 0 aliphatic carbocycles. The SMILES string of the molecule is Cc1nn(C)c(C)c1C(C)N1CCCC(CC(=O)O)C1. The van der Waals surface area contributed by atoms with Gasteiger partial charge in [-0.2, -0.15) is 5.10 Å². The van der Waals surface area contributed by atoms with Crippen LogP contribution in [0.1, 0.15) is 49.2 Å². The Labute approximate surface area is 120 Å². The number of carboxylic acids is 1. The van der Waals surface area contributed by atoms with E-state index >= 15 is 0 Å². The Bertz CT molecular complexity index is 496. The van der Waals surface area contributed by atoms with E-state index in [1.54, 1.807) is 0 Å². The molecule has 0 amide bonds. The van der Waals surface area contributed by atoms with Crippen LogP contribution in [0.3, 0.4) is 0 Å². The normalized spacial score (nSPS) is 21.9. The molecule has 1 aliphatic rings. The summed E-state index contributed by atoms with van der Waals surface area (Å²) in [6.07, 6.45) is 2.40. The molecular weight excluding hydrogens is 254 g/mol. The summed E-state index contributed by atoms with van der Waals surface area (Å²) in [5, 5.41) is 13.5. The number of hydrogen-bond donors (Lipinski definition) is 1. The maximum absolute atomic E-state index is 10.9. The van der Waals surface area contributed by atoms with Gasteiger partial charge in [-0.1, -0.05) is 0 Å². The molecule has 0 radical (unpaired) electrons. The van der Waals surface area contributed by atoms with Crippen LogP contribution in [0.15, 0.2) is 0 Å². The zero-order chi connectivity index (χ0) is 14.9. The van der Waals surface area contributed by atoms with Crippen LogP contribution in [0.25, 0.3) is 0 Å². The number of piperidine rings is 1. The molecule has 1 fully saturated rings. The van der Waals surface area contributed by atoms with Crippen molar-refractivity contribution >= 4 is 5.97 Å². The van der Waals surface area contributed by atoms with Gasteiger partial charge in [-0.15, -0.1) is 0 Å². The van der Waals surface area contributed by atoms with Crippen LogP contribution < -0.4 is 0 Å². The van der Waals surface area contributed by atoms with Crippen molar-refractivity contribution in [1.82, 2.24) is 14.7 Å². The molecule has 2 atom stereocenters. The molecule has 0 aromatic carbocycles. The maximum Gasteiger partial charge on any atom is 0.303 e. The molecule has 112 valence electrons. The van der Waals surface area contributed by atoms with Gasteiger partial charge >= 0.3 is 5.97 Å². The average Bonchev–Trinajstić information content (AvgIpc) is 2.62. The van der Waals surface area contributed by atoms with E-state index in [9.17, 15) is 4.79 Å². The van der Waals surface area contributed by atoms with Gasteiger partial charge in [0.05, 0.1) is 5.69 Å². The summed E-state index contributed by atoms with van der Waals surface area (Å²) in [5.74, 6) is -0.403. The molecule has 0 spiro atoms. The molecule has 5 heteroatoms. The summed E-state index contributed by atoms with van der Waals surface area (Å²) in [7, 11) is 1.97. The third-order valence-corrected chi connectivity index (χ3v) is 4.54. The number of likely N-dealkylation sites (tertiary alicyclic amines) is 1. The topological polar surface area (TPSA) is 58.4 Å². The number of rotatable bonds is 4. The number of aromatic nitrogens is 2. The first-order valence-corrected chi connectivity index (χ1v) is 7.36. The molecule has 2 heterocycles. The highest BCUT2D eigenvalue weighted by molar-refractivity contribution is 5.67. The van der Waals surface area contributed by atoms with Gasteiger partial charge in [0.2, 0.25) is 0 Å². The lowest BCUT2D eigenvalue weighted by Gasteiger charge is -2.36. The van der Waals surface area contributed by atoms with E-state index in [0.29, 0.717) is 6.04 Å². The highest BCUT2D eigenvalue weighted by atomic mass is 16.4. The van der Waals surface area contributed by atoms with Crippen LogP contribution >= 0.6 is 0 Å². The van der Waals surface area contributed by atoms with E-state index in [1.807, 2.05) is 11.7 Å². The quantitative estimate of drug-likeness (QED) is 0.918. The Morgan fingerprint density at radius 2 is 2.20 bits per heavy atom. The highest BCUT2D eigenvalue weighted by Crippen LogP contribution is 2.31. The fourth-order valence-electron chi connectivity index (χ4n) is 3.44. The third kappa shape index (κ3) is 3.03. The average molecular weight is 279 g/mol. The standard InChI is InChI=1S/C15H25N3O2/c1-10-15(11(2)17(4)16-10)12(3)18-7-5-6-13(9-18)8-14(19)20/h12-13H,5-9H2,1-4H3,(H,19,20). The predicted molar refractivity (Wildman–Crippen MR) is 77.6 cm³/mol. The van der Waals surface area contributed by atoms with Crippen molar-refractivity contribution in [1.29, 1.82) is 0 Å². The summed E-state index contributed by atoms with van der Waals surface area (Å²) >= 11 is 0. The number of nitrogens with zero attached hydrogens (tertiary/aromatic N) is 3. The number of carbonyl (C=O) groups is 1. The molecule has 2 unspecified atom stereocenters. The lowest BCUT2D eigenvalue weighted by Crippen LogP contribution is -2.38. The summed E-state index contributed by atoms with van der Waals surface area (Å²) in [5.41, 5.74) is 3.58. The van der Waals surface area contributed by atoms with Crippen LogP contribution in [-0.2, 0) is 11.8 Å². The molecule has 1 aromatic heterocycles. The number of aryl methyl sites for hydroxylation is 2.